The van der Waals surface area contributed by atoms with Gasteiger partial charge in [-0.2, -0.15) is 0 Å². The van der Waals surface area contributed by atoms with E-state index in [-0.39, 0.29) is 5.91 Å². The minimum atomic E-state index is 0.271. The van der Waals surface area contributed by atoms with Gasteiger partial charge >= 0.3 is 0 Å². The zero-order chi connectivity index (χ0) is 16.4. The van der Waals surface area contributed by atoms with Gasteiger partial charge in [0.15, 0.2) is 0 Å². The third-order valence-electron chi connectivity index (χ3n) is 5.11. The van der Waals surface area contributed by atoms with Gasteiger partial charge in [-0.25, -0.2) is 0 Å². The van der Waals surface area contributed by atoms with Crippen LogP contribution in [0.15, 0.2) is 54.6 Å². The molecule has 0 N–H and O–H groups in total. The number of carbonyl (C=O) groups excluding carboxylic acids is 1. The number of hydrogen-bond acceptors (Lipinski definition) is 2. The molecule has 1 saturated carbocycles. The molecule has 0 spiro atoms. The van der Waals surface area contributed by atoms with Gasteiger partial charge in [-0.15, -0.1) is 0 Å². The Morgan fingerprint density at radius 3 is 2.46 bits per heavy atom. The van der Waals surface area contributed by atoms with Crippen LogP contribution < -0.4 is 0 Å². The standard InChI is InChI=1S/C21H24N2O/c24-21(22-13-12-18-8-4-5-9-19(18)15-22)16-23(20-10-11-20)14-17-6-2-1-3-7-17/h1-9,20H,10-16H2. The third kappa shape index (κ3) is 3.51. The topological polar surface area (TPSA) is 23.6 Å². The van der Waals surface area contributed by atoms with Crippen LogP contribution in [0, 0.1) is 0 Å². The molecule has 2 aromatic carbocycles. The molecule has 0 radical (unpaired) electrons. The molecule has 0 atom stereocenters. The highest BCUT2D eigenvalue weighted by molar-refractivity contribution is 5.78. The Kier molecular flexibility index (Phi) is 4.35. The number of fused-ring (bicyclic) bond motifs is 1. The molecule has 1 heterocycles. The Hall–Kier alpha value is -2.13. The van der Waals surface area contributed by atoms with Crippen molar-refractivity contribution in [3.05, 3.63) is 71.3 Å². The van der Waals surface area contributed by atoms with Gasteiger partial charge in [0.2, 0.25) is 5.91 Å². The maximum Gasteiger partial charge on any atom is 0.237 e. The number of nitrogens with zero attached hydrogens (tertiary/aromatic N) is 2. The summed E-state index contributed by atoms with van der Waals surface area (Å²) >= 11 is 0. The highest BCUT2D eigenvalue weighted by atomic mass is 16.2. The Morgan fingerprint density at radius 2 is 1.71 bits per heavy atom. The summed E-state index contributed by atoms with van der Waals surface area (Å²) in [5.41, 5.74) is 3.99. The summed E-state index contributed by atoms with van der Waals surface area (Å²) in [4.78, 5) is 17.2. The average molecular weight is 320 g/mol. The highest BCUT2D eigenvalue weighted by Gasteiger charge is 2.32. The molecule has 3 nitrogen and oxygen atoms in total. The van der Waals surface area contributed by atoms with Gasteiger partial charge in [-0.3, -0.25) is 9.69 Å². The van der Waals surface area contributed by atoms with Crippen molar-refractivity contribution in [2.45, 2.75) is 38.4 Å². The molecule has 1 aliphatic carbocycles. The van der Waals surface area contributed by atoms with Crippen molar-refractivity contribution in [2.75, 3.05) is 13.1 Å². The van der Waals surface area contributed by atoms with Crippen molar-refractivity contribution in [1.29, 1.82) is 0 Å². The molecule has 0 unspecified atom stereocenters. The van der Waals surface area contributed by atoms with Crippen molar-refractivity contribution >= 4 is 5.91 Å². The van der Waals surface area contributed by atoms with Gasteiger partial charge in [0.05, 0.1) is 6.54 Å². The van der Waals surface area contributed by atoms with E-state index in [1.807, 2.05) is 11.0 Å². The number of benzene rings is 2. The number of hydrogen-bond donors (Lipinski definition) is 0. The summed E-state index contributed by atoms with van der Waals surface area (Å²) in [6.07, 6.45) is 3.43. The number of rotatable bonds is 5. The summed E-state index contributed by atoms with van der Waals surface area (Å²) < 4.78 is 0. The van der Waals surface area contributed by atoms with Crippen LogP contribution in [0.2, 0.25) is 0 Å². The lowest BCUT2D eigenvalue weighted by molar-refractivity contribution is -0.133. The second-order valence-corrected chi connectivity index (χ2v) is 6.96. The van der Waals surface area contributed by atoms with Crippen LogP contribution in [0.4, 0.5) is 0 Å². The molecule has 24 heavy (non-hydrogen) atoms. The molecule has 124 valence electrons. The lowest BCUT2D eigenvalue weighted by Gasteiger charge is -2.31. The molecule has 1 aliphatic heterocycles. The second-order valence-electron chi connectivity index (χ2n) is 6.96. The Morgan fingerprint density at radius 1 is 1.00 bits per heavy atom. The van der Waals surface area contributed by atoms with Gasteiger partial charge in [0.25, 0.3) is 0 Å². The summed E-state index contributed by atoms with van der Waals surface area (Å²) in [7, 11) is 0. The average Bonchev–Trinajstić information content (AvgIpc) is 3.47. The molecule has 0 saturated heterocycles. The first-order valence-corrected chi connectivity index (χ1v) is 8.92. The molecule has 3 heteroatoms. The van der Waals surface area contributed by atoms with E-state index in [4.69, 9.17) is 0 Å². The van der Waals surface area contributed by atoms with E-state index in [0.29, 0.717) is 12.6 Å². The van der Waals surface area contributed by atoms with E-state index >= 15 is 0 Å². The first-order chi connectivity index (χ1) is 11.8. The first kappa shape index (κ1) is 15.4. The molecule has 0 aromatic heterocycles. The van der Waals surface area contributed by atoms with Gasteiger partial charge in [-0.1, -0.05) is 54.6 Å². The lowest BCUT2D eigenvalue weighted by Crippen LogP contribution is -2.43. The van der Waals surface area contributed by atoms with Gasteiger partial charge in [0, 0.05) is 25.7 Å². The zero-order valence-electron chi connectivity index (χ0n) is 14.0. The van der Waals surface area contributed by atoms with E-state index < -0.39 is 0 Å². The molecule has 0 bridgehead atoms. The van der Waals surface area contributed by atoms with Crippen LogP contribution in [0.1, 0.15) is 29.5 Å². The van der Waals surface area contributed by atoms with Gasteiger partial charge in [-0.05, 0) is 36.0 Å². The largest absolute Gasteiger partial charge is 0.337 e. The predicted molar refractivity (Wildman–Crippen MR) is 95.4 cm³/mol. The van der Waals surface area contributed by atoms with Crippen molar-refractivity contribution in [2.24, 2.45) is 0 Å². The van der Waals surface area contributed by atoms with Crippen LogP contribution in [0.25, 0.3) is 0 Å². The fourth-order valence-electron chi connectivity index (χ4n) is 3.55. The molecule has 1 amide bonds. The highest BCUT2D eigenvalue weighted by Crippen LogP contribution is 2.28. The van der Waals surface area contributed by atoms with Crippen molar-refractivity contribution in [3.63, 3.8) is 0 Å². The Bertz CT molecular complexity index is 709. The number of carbonyl (C=O) groups is 1. The second kappa shape index (κ2) is 6.78. The van der Waals surface area contributed by atoms with E-state index in [1.54, 1.807) is 0 Å². The van der Waals surface area contributed by atoms with Crippen LogP contribution in [0.3, 0.4) is 0 Å². The van der Waals surface area contributed by atoms with Gasteiger partial charge in [0.1, 0.15) is 0 Å². The van der Waals surface area contributed by atoms with Crippen LogP contribution in [-0.4, -0.2) is 34.8 Å². The third-order valence-corrected chi connectivity index (χ3v) is 5.11. The van der Waals surface area contributed by atoms with Crippen molar-refractivity contribution in [3.8, 4) is 0 Å². The Balaban J connectivity index is 1.41. The molecular weight excluding hydrogens is 296 g/mol. The predicted octanol–water partition coefficient (Wildman–Crippen LogP) is 3.24. The molecular formula is C21H24N2O. The SMILES string of the molecule is O=C(CN(Cc1ccccc1)C1CC1)N1CCc2ccccc2C1. The van der Waals surface area contributed by atoms with Crippen LogP contribution in [-0.2, 0) is 24.3 Å². The summed E-state index contributed by atoms with van der Waals surface area (Å²) in [6.45, 7) is 3.03. The molecule has 1 fully saturated rings. The molecule has 2 aliphatic rings. The van der Waals surface area contributed by atoms with Gasteiger partial charge < -0.3 is 4.90 Å². The van der Waals surface area contributed by atoms with Crippen LogP contribution in [0.5, 0.6) is 0 Å². The Labute approximate surface area is 143 Å². The summed E-state index contributed by atoms with van der Waals surface area (Å²) in [6, 6.07) is 19.6. The smallest absolute Gasteiger partial charge is 0.237 e. The minimum absolute atomic E-state index is 0.271. The monoisotopic (exact) mass is 320 g/mol. The maximum absolute atomic E-state index is 12.8. The van der Waals surface area contributed by atoms with E-state index in [1.165, 1.54) is 29.5 Å². The summed E-state index contributed by atoms with van der Waals surface area (Å²) in [5, 5.41) is 0. The minimum Gasteiger partial charge on any atom is -0.337 e. The van der Waals surface area contributed by atoms with Crippen LogP contribution >= 0.6 is 0 Å². The fourth-order valence-corrected chi connectivity index (χ4v) is 3.55. The zero-order valence-corrected chi connectivity index (χ0v) is 14.0. The molecule has 2 aromatic rings. The normalized spacial score (nSPS) is 17.0. The van der Waals surface area contributed by atoms with E-state index in [2.05, 4.69) is 53.4 Å². The lowest BCUT2D eigenvalue weighted by atomic mass is 10.00. The maximum atomic E-state index is 12.8. The van der Waals surface area contributed by atoms with E-state index in [0.717, 1.165) is 26.1 Å². The summed E-state index contributed by atoms with van der Waals surface area (Å²) in [5.74, 6) is 0.271. The number of amides is 1. The fraction of sp³-hybridized carbons (Fsp3) is 0.381. The van der Waals surface area contributed by atoms with Crippen molar-refractivity contribution < 1.29 is 4.79 Å². The molecule has 4 rings (SSSR count). The first-order valence-electron chi connectivity index (χ1n) is 8.92. The quantitative estimate of drug-likeness (QED) is 0.844. The van der Waals surface area contributed by atoms with Crippen molar-refractivity contribution in [1.82, 2.24) is 9.80 Å². The van der Waals surface area contributed by atoms with E-state index in [9.17, 15) is 4.79 Å².